The Morgan fingerprint density at radius 1 is 1.13 bits per heavy atom. The monoisotopic (exact) mass is 660 g/mol. The SMILES string of the molecule is COc1cc([C@@H](Nc2cc(C(N)=O)ccc2F)C(=O)N2CCC[C@@H]2c2cc(N(C)C(=O)O)ccc2S(=O)(=O)C(C)C)ccc1Cl. The number of halogens is 2. The molecule has 3 aromatic carbocycles. The van der Waals surface area contributed by atoms with Crippen LogP contribution in [0.2, 0.25) is 5.02 Å². The summed E-state index contributed by atoms with van der Waals surface area (Å²) in [7, 11) is -1.12. The number of hydrogen-bond donors (Lipinski definition) is 3. The Kier molecular flexibility index (Phi) is 9.93. The van der Waals surface area contributed by atoms with Gasteiger partial charge in [-0.25, -0.2) is 17.6 Å². The Hall–Kier alpha value is -4.36. The predicted octanol–water partition coefficient (Wildman–Crippen LogP) is 5.40. The molecule has 0 bridgehead atoms. The average Bonchev–Trinajstić information content (AvgIpc) is 3.49. The summed E-state index contributed by atoms with van der Waals surface area (Å²) in [6.45, 7) is 3.31. The van der Waals surface area contributed by atoms with Gasteiger partial charge in [-0.05, 0) is 86.3 Å². The van der Waals surface area contributed by atoms with Crippen LogP contribution in [0.5, 0.6) is 5.75 Å². The van der Waals surface area contributed by atoms with E-state index in [1.807, 2.05) is 0 Å². The number of nitrogens with zero attached hydrogens (tertiary/aromatic N) is 2. The van der Waals surface area contributed by atoms with Crippen molar-refractivity contribution >= 4 is 50.7 Å². The second-order valence-corrected chi connectivity index (χ2v) is 13.8. The summed E-state index contributed by atoms with van der Waals surface area (Å²) < 4.78 is 47.3. The van der Waals surface area contributed by atoms with Crippen molar-refractivity contribution < 1.29 is 37.0 Å². The third-order valence-corrected chi connectivity index (χ3v) is 10.3. The van der Waals surface area contributed by atoms with Crippen molar-refractivity contribution in [2.45, 2.75) is 48.9 Å². The second kappa shape index (κ2) is 13.3. The van der Waals surface area contributed by atoms with Crippen molar-refractivity contribution in [1.82, 2.24) is 4.90 Å². The number of benzene rings is 3. The van der Waals surface area contributed by atoms with Gasteiger partial charge >= 0.3 is 6.09 Å². The number of sulfone groups is 1. The predicted molar refractivity (Wildman–Crippen MR) is 168 cm³/mol. The van der Waals surface area contributed by atoms with Crippen molar-refractivity contribution in [3.63, 3.8) is 0 Å². The normalized spacial score (nSPS) is 15.5. The molecule has 11 nitrogen and oxygen atoms in total. The maximum Gasteiger partial charge on any atom is 0.411 e. The van der Waals surface area contributed by atoms with Crippen LogP contribution < -0.4 is 20.7 Å². The molecule has 1 heterocycles. The molecule has 1 aliphatic heterocycles. The molecule has 1 saturated heterocycles. The van der Waals surface area contributed by atoms with Crippen LogP contribution in [0, 0.1) is 5.82 Å². The molecular weight excluding hydrogens is 627 g/mol. The fraction of sp³-hybridized carbons (Fsp3) is 0.323. The summed E-state index contributed by atoms with van der Waals surface area (Å²) in [5, 5.41) is 12.0. The third-order valence-electron chi connectivity index (χ3n) is 7.80. The highest BCUT2D eigenvalue weighted by molar-refractivity contribution is 7.92. The Bertz CT molecular complexity index is 1750. The maximum atomic E-state index is 15.0. The van der Waals surface area contributed by atoms with E-state index in [-0.39, 0.29) is 44.7 Å². The largest absolute Gasteiger partial charge is 0.495 e. The zero-order valence-electron chi connectivity index (χ0n) is 25.1. The van der Waals surface area contributed by atoms with E-state index in [0.717, 1.165) is 11.0 Å². The number of rotatable bonds is 10. The van der Waals surface area contributed by atoms with Gasteiger partial charge in [0.1, 0.15) is 17.6 Å². The first-order valence-corrected chi connectivity index (χ1v) is 15.9. The third kappa shape index (κ3) is 6.84. The first-order chi connectivity index (χ1) is 21.2. The van der Waals surface area contributed by atoms with Gasteiger partial charge in [-0.2, -0.15) is 0 Å². The Balaban J connectivity index is 1.86. The molecule has 4 rings (SSSR count). The number of carbonyl (C=O) groups is 3. The smallest absolute Gasteiger partial charge is 0.411 e. The van der Waals surface area contributed by atoms with E-state index in [0.29, 0.717) is 18.4 Å². The number of carboxylic acid groups (broad SMARTS) is 1. The average molecular weight is 661 g/mol. The van der Waals surface area contributed by atoms with Crippen LogP contribution in [-0.2, 0) is 14.6 Å². The molecule has 3 aromatic rings. The van der Waals surface area contributed by atoms with Gasteiger partial charge in [0.05, 0.1) is 34.0 Å². The molecule has 0 aliphatic carbocycles. The lowest BCUT2D eigenvalue weighted by Gasteiger charge is -2.32. The second-order valence-electron chi connectivity index (χ2n) is 10.9. The fourth-order valence-electron chi connectivity index (χ4n) is 5.24. The minimum atomic E-state index is -3.85. The molecule has 0 radical (unpaired) electrons. The zero-order valence-corrected chi connectivity index (χ0v) is 26.7. The summed E-state index contributed by atoms with van der Waals surface area (Å²) in [6.07, 6.45) is -0.353. The molecule has 1 aliphatic rings. The summed E-state index contributed by atoms with van der Waals surface area (Å²) in [6, 6.07) is 10.3. The Morgan fingerprint density at radius 3 is 2.47 bits per heavy atom. The van der Waals surface area contributed by atoms with Crippen LogP contribution >= 0.6 is 11.6 Å². The van der Waals surface area contributed by atoms with E-state index < -0.39 is 50.9 Å². The number of hydrogen-bond acceptors (Lipinski definition) is 7. The lowest BCUT2D eigenvalue weighted by molar-refractivity contribution is -0.133. The summed E-state index contributed by atoms with van der Waals surface area (Å²) >= 11 is 6.25. The Morgan fingerprint density at radius 2 is 1.84 bits per heavy atom. The van der Waals surface area contributed by atoms with E-state index in [4.69, 9.17) is 22.1 Å². The molecule has 0 aromatic heterocycles. The van der Waals surface area contributed by atoms with Crippen molar-refractivity contribution in [2.75, 3.05) is 30.9 Å². The molecule has 0 spiro atoms. The van der Waals surface area contributed by atoms with Gasteiger partial charge in [0.2, 0.25) is 11.8 Å². The number of carbonyl (C=O) groups excluding carboxylic acids is 2. The highest BCUT2D eigenvalue weighted by Gasteiger charge is 2.38. The lowest BCUT2D eigenvalue weighted by atomic mass is 10.0. The molecule has 45 heavy (non-hydrogen) atoms. The molecule has 1 fully saturated rings. The summed E-state index contributed by atoms with van der Waals surface area (Å²) in [5.74, 6) is -1.81. The number of amides is 3. The first-order valence-electron chi connectivity index (χ1n) is 14.0. The zero-order chi connectivity index (χ0) is 33.2. The highest BCUT2D eigenvalue weighted by atomic mass is 35.5. The number of nitrogens with one attached hydrogen (secondary N) is 1. The Labute approximate surface area is 265 Å². The van der Waals surface area contributed by atoms with Crippen LogP contribution in [0.3, 0.4) is 0 Å². The van der Waals surface area contributed by atoms with E-state index in [2.05, 4.69) is 5.32 Å². The van der Waals surface area contributed by atoms with Gasteiger partial charge in [-0.1, -0.05) is 17.7 Å². The molecule has 240 valence electrons. The quantitative estimate of drug-likeness (QED) is 0.261. The van der Waals surface area contributed by atoms with Crippen LogP contribution in [0.15, 0.2) is 59.5 Å². The minimum absolute atomic E-state index is 0.0115. The molecule has 0 saturated carbocycles. The molecular formula is C31H34ClFN4O7S. The molecule has 4 N–H and O–H groups in total. The van der Waals surface area contributed by atoms with Gasteiger partial charge < -0.3 is 25.8 Å². The van der Waals surface area contributed by atoms with Crippen LogP contribution in [0.4, 0.5) is 20.6 Å². The number of nitrogens with two attached hydrogens (primary N) is 1. The maximum absolute atomic E-state index is 15.0. The standard InChI is InChI=1S/C31H34ClFN4O7S/c1-17(2)45(42,43)27-12-9-20(36(3)31(40)41)16-21(27)25-6-5-13-37(25)30(39)28(18-7-10-22(32)26(15-18)44-4)35-24-14-19(29(34)38)8-11-23(24)33/h7-12,14-17,25,28,35H,5-6,13H2,1-4H3,(H2,34,38)(H,40,41)/t25-,28-/m1/s1. The van der Waals surface area contributed by atoms with Crippen molar-refractivity contribution in [1.29, 1.82) is 0 Å². The first kappa shape index (κ1) is 33.5. The molecule has 14 heteroatoms. The van der Waals surface area contributed by atoms with Gasteiger partial charge in [-0.15, -0.1) is 0 Å². The van der Waals surface area contributed by atoms with Crippen LogP contribution in [0.1, 0.15) is 60.3 Å². The fourth-order valence-corrected chi connectivity index (χ4v) is 6.72. The molecule has 3 amide bonds. The van der Waals surface area contributed by atoms with E-state index in [1.165, 1.54) is 75.4 Å². The highest BCUT2D eigenvalue weighted by Crippen LogP contribution is 2.41. The lowest BCUT2D eigenvalue weighted by Crippen LogP contribution is -2.38. The van der Waals surface area contributed by atoms with Crippen molar-refractivity contribution in [2.24, 2.45) is 5.73 Å². The number of anilines is 2. The number of ether oxygens (including phenoxy) is 1. The summed E-state index contributed by atoms with van der Waals surface area (Å²) in [4.78, 5) is 40.5. The topological polar surface area (TPSA) is 159 Å². The van der Waals surface area contributed by atoms with Crippen molar-refractivity contribution in [3.8, 4) is 5.75 Å². The minimum Gasteiger partial charge on any atom is -0.495 e. The van der Waals surface area contributed by atoms with E-state index in [9.17, 15) is 27.9 Å². The van der Waals surface area contributed by atoms with Gasteiger partial charge in [0.25, 0.3) is 0 Å². The van der Waals surface area contributed by atoms with Crippen LogP contribution in [0.25, 0.3) is 0 Å². The summed E-state index contributed by atoms with van der Waals surface area (Å²) in [5.41, 5.74) is 6.11. The van der Waals surface area contributed by atoms with E-state index in [1.54, 1.807) is 6.07 Å². The molecule has 0 unspecified atom stereocenters. The number of likely N-dealkylation sites (tertiary alicyclic amines) is 1. The number of methoxy groups -OCH3 is 1. The number of primary amides is 1. The van der Waals surface area contributed by atoms with Gasteiger partial charge in [-0.3, -0.25) is 14.5 Å². The molecule has 2 atom stereocenters. The van der Waals surface area contributed by atoms with Crippen molar-refractivity contribution in [3.05, 3.63) is 82.1 Å². The van der Waals surface area contributed by atoms with Gasteiger partial charge in [0, 0.05) is 24.8 Å². The van der Waals surface area contributed by atoms with Gasteiger partial charge in [0.15, 0.2) is 9.84 Å². The van der Waals surface area contributed by atoms with Crippen LogP contribution in [-0.4, -0.2) is 62.3 Å². The van der Waals surface area contributed by atoms with E-state index >= 15 is 4.39 Å².